The topological polar surface area (TPSA) is 44.5 Å². The van der Waals surface area contributed by atoms with E-state index >= 15 is 0 Å². The molecule has 1 heterocycles. The summed E-state index contributed by atoms with van der Waals surface area (Å²) in [5.74, 6) is 1.34. The summed E-state index contributed by atoms with van der Waals surface area (Å²) in [5.41, 5.74) is 9.06. The van der Waals surface area contributed by atoms with Gasteiger partial charge in [-0.1, -0.05) is 13.8 Å². The van der Waals surface area contributed by atoms with Gasteiger partial charge in [0.25, 0.3) is 0 Å². The van der Waals surface area contributed by atoms with E-state index in [1.165, 1.54) is 5.56 Å². The largest absolute Gasteiger partial charge is 0.491 e. The monoisotopic (exact) mass is 277 g/mol. The molecule has 112 valence electrons. The van der Waals surface area contributed by atoms with Crippen molar-refractivity contribution in [3.8, 4) is 5.75 Å². The molecule has 1 saturated heterocycles. The summed E-state index contributed by atoms with van der Waals surface area (Å²) in [4.78, 5) is 0. The molecule has 1 aromatic rings. The Labute approximate surface area is 122 Å². The van der Waals surface area contributed by atoms with Crippen LogP contribution in [0.2, 0.25) is 0 Å². The number of nitrogen functional groups attached to an aromatic ring is 1. The normalized spacial score (nSPS) is 21.4. The van der Waals surface area contributed by atoms with Gasteiger partial charge in [-0.2, -0.15) is 0 Å². The molecule has 1 aromatic carbocycles. The molecule has 0 amide bonds. The Morgan fingerprint density at radius 1 is 1.40 bits per heavy atom. The highest BCUT2D eigenvalue weighted by Gasteiger charge is 2.32. The fraction of sp³-hybridized carbons (Fsp3) is 0.647. The maximum atomic E-state index is 6.03. The number of benzene rings is 1. The molecule has 1 unspecified atom stereocenters. The summed E-state index contributed by atoms with van der Waals surface area (Å²) in [6, 6.07) is 4.08. The molecule has 0 aliphatic carbocycles. The van der Waals surface area contributed by atoms with Gasteiger partial charge in [-0.3, -0.25) is 0 Å². The minimum absolute atomic E-state index is 0.00800. The van der Waals surface area contributed by atoms with Gasteiger partial charge < -0.3 is 15.2 Å². The van der Waals surface area contributed by atoms with Crippen molar-refractivity contribution in [3.05, 3.63) is 23.3 Å². The second kappa shape index (κ2) is 5.65. The maximum absolute atomic E-state index is 6.03. The summed E-state index contributed by atoms with van der Waals surface area (Å²) in [6.07, 6.45) is 2.36. The van der Waals surface area contributed by atoms with Gasteiger partial charge >= 0.3 is 0 Å². The van der Waals surface area contributed by atoms with E-state index in [0.717, 1.165) is 29.8 Å². The van der Waals surface area contributed by atoms with E-state index in [0.29, 0.717) is 12.5 Å². The molecule has 2 N–H and O–H groups in total. The van der Waals surface area contributed by atoms with Crippen LogP contribution in [0.1, 0.15) is 57.6 Å². The second-order valence-electron chi connectivity index (χ2n) is 6.75. The number of ether oxygens (including phenoxy) is 2. The highest BCUT2D eigenvalue weighted by molar-refractivity contribution is 5.55. The molecule has 1 fully saturated rings. The average molecular weight is 277 g/mol. The van der Waals surface area contributed by atoms with Gasteiger partial charge in [-0.05, 0) is 62.8 Å². The van der Waals surface area contributed by atoms with E-state index in [4.69, 9.17) is 15.2 Å². The van der Waals surface area contributed by atoms with E-state index in [9.17, 15) is 0 Å². The molecule has 0 saturated carbocycles. The van der Waals surface area contributed by atoms with Gasteiger partial charge in [-0.15, -0.1) is 0 Å². The van der Waals surface area contributed by atoms with Crippen molar-refractivity contribution < 1.29 is 9.47 Å². The van der Waals surface area contributed by atoms with Crippen molar-refractivity contribution in [2.45, 2.75) is 65.1 Å². The lowest BCUT2D eigenvalue weighted by molar-refractivity contribution is -0.0327. The van der Waals surface area contributed by atoms with Crippen LogP contribution in [-0.2, 0) is 4.74 Å². The van der Waals surface area contributed by atoms with Gasteiger partial charge in [0.05, 0.1) is 11.7 Å². The third kappa shape index (κ3) is 3.45. The summed E-state index contributed by atoms with van der Waals surface area (Å²) in [7, 11) is 0. The lowest BCUT2D eigenvalue weighted by Crippen LogP contribution is -2.24. The Hall–Kier alpha value is -1.22. The van der Waals surface area contributed by atoms with Crippen LogP contribution >= 0.6 is 0 Å². The van der Waals surface area contributed by atoms with E-state index in [2.05, 4.69) is 27.7 Å². The van der Waals surface area contributed by atoms with Crippen molar-refractivity contribution in [1.29, 1.82) is 0 Å². The van der Waals surface area contributed by atoms with E-state index in [-0.39, 0.29) is 11.7 Å². The minimum Gasteiger partial charge on any atom is -0.491 e. The zero-order chi connectivity index (χ0) is 14.9. The first-order chi connectivity index (χ1) is 9.28. The molecule has 1 aliphatic rings. The number of hydrogen-bond acceptors (Lipinski definition) is 3. The lowest BCUT2D eigenvalue weighted by Gasteiger charge is -2.21. The van der Waals surface area contributed by atoms with Crippen LogP contribution in [-0.4, -0.2) is 18.3 Å². The molecule has 2 rings (SSSR count). The highest BCUT2D eigenvalue weighted by Crippen LogP contribution is 2.33. The zero-order valence-electron chi connectivity index (χ0n) is 13.3. The Morgan fingerprint density at radius 2 is 2.10 bits per heavy atom. The van der Waals surface area contributed by atoms with Gasteiger partial charge in [-0.25, -0.2) is 0 Å². The van der Waals surface area contributed by atoms with Crippen LogP contribution in [0.3, 0.4) is 0 Å². The quantitative estimate of drug-likeness (QED) is 0.845. The van der Waals surface area contributed by atoms with Crippen LogP contribution in [0.15, 0.2) is 12.1 Å². The summed E-state index contributed by atoms with van der Waals surface area (Å²) < 4.78 is 12.0. The SMILES string of the molecule is Cc1cc(OCC2CCC(C)(C)O2)c(C(C)C)cc1N. The third-order valence-corrected chi connectivity index (χ3v) is 4.00. The molecule has 0 spiro atoms. The number of hydrogen-bond donors (Lipinski definition) is 1. The fourth-order valence-electron chi connectivity index (χ4n) is 2.67. The van der Waals surface area contributed by atoms with Crippen molar-refractivity contribution in [1.82, 2.24) is 0 Å². The van der Waals surface area contributed by atoms with E-state index in [1.54, 1.807) is 0 Å². The average Bonchev–Trinajstić information content (AvgIpc) is 2.69. The van der Waals surface area contributed by atoms with Crippen LogP contribution in [0.25, 0.3) is 0 Å². The van der Waals surface area contributed by atoms with Crippen molar-refractivity contribution in [2.24, 2.45) is 0 Å². The lowest BCUT2D eigenvalue weighted by atomic mass is 9.99. The first-order valence-corrected chi connectivity index (χ1v) is 7.49. The highest BCUT2D eigenvalue weighted by atomic mass is 16.6. The Balaban J connectivity index is 2.07. The molecule has 1 aliphatic heterocycles. The Morgan fingerprint density at radius 3 is 2.65 bits per heavy atom. The van der Waals surface area contributed by atoms with Gasteiger partial charge in [0.15, 0.2) is 0 Å². The number of anilines is 1. The van der Waals surface area contributed by atoms with Crippen LogP contribution in [0.5, 0.6) is 5.75 Å². The zero-order valence-corrected chi connectivity index (χ0v) is 13.3. The molecular formula is C17H27NO2. The van der Waals surface area contributed by atoms with Gasteiger partial charge in [0.1, 0.15) is 12.4 Å². The predicted molar refractivity (Wildman–Crippen MR) is 83.4 cm³/mol. The summed E-state index contributed by atoms with van der Waals surface area (Å²) in [6.45, 7) is 11.2. The predicted octanol–water partition coefficient (Wildman–Crippen LogP) is 4.04. The molecule has 0 radical (unpaired) electrons. The van der Waals surface area contributed by atoms with Gasteiger partial charge in [0, 0.05) is 5.69 Å². The molecule has 1 atom stereocenters. The van der Waals surface area contributed by atoms with Crippen molar-refractivity contribution in [2.75, 3.05) is 12.3 Å². The fourth-order valence-corrected chi connectivity index (χ4v) is 2.67. The molecule has 3 heteroatoms. The van der Waals surface area contributed by atoms with Crippen molar-refractivity contribution in [3.63, 3.8) is 0 Å². The van der Waals surface area contributed by atoms with Crippen LogP contribution < -0.4 is 10.5 Å². The number of aryl methyl sites for hydroxylation is 1. The first kappa shape index (κ1) is 15.2. The summed E-state index contributed by atoms with van der Waals surface area (Å²) >= 11 is 0. The number of nitrogens with two attached hydrogens (primary N) is 1. The smallest absolute Gasteiger partial charge is 0.123 e. The molecule has 20 heavy (non-hydrogen) atoms. The first-order valence-electron chi connectivity index (χ1n) is 7.49. The Kier molecular flexibility index (Phi) is 4.28. The Bertz CT molecular complexity index is 480. The van der Waals surface area contributed by atoms with Crippen LogP contribution in [0.4, 0.5) is 5.69 Å². The maximum Gasteiger partial charge on any atom is 0.123 e. The minimum atomic E-state index is -0.00800. The third-order valence-electron chi connectivity index (χ3n) is 4.00. The molecule has 0 aromatic heterocycles. The molecule has 3 nitrogen and oxygen atoms in total. The molecule has 0 bridgehead atoms. The summed E-state index contributed by atoms with van der Waals surface area (Å²) in [5, 5.41) is 0. The van der Waals surface area contributed by atoms with E-state index < -0.39 is 0 Å². The number of rotatable bonds is 4. The van der Waals surface area contributed by atoms with E-state index in [1.807, 2.05) is 19.1 Å². The molecular weight excluding hydrogens is 250 g/mol. The van der Waals surface area contributed by atoms with Gasteiger partial charge in [0.2, 0.25) is 0 Å². The second-order valence-corrected chi connectivity index (χ2v) is 6.75. The van der Waals surface area contributed by atoms with Crippen LogP contribution in [0, 0.1) is 6.92 Å². The standard InChI is InChI=1S/C17H27NO2/c1-11(2)14-9-15(18)12(3)8-16(14)19-10-13-6-7-17(4,5)20-13/h8-9,11,13H,6-7,10,18H2,1-5H3. The van der Waals surface area contributed by atoms with Crippen molar-refractivity contribution >= 4 is 5.69 Å².